The van der Waals surface area contributed by atoms with Gasteiger partial charge in [-0.3, -0.25) is 4.79 Å². The fraction of sp³-hybridized carbons (Fsp3) is 0.0435. The fourth-order valence-electron chi connectivity index (χ4n) is 3.18. The molecule has 4 aromatic rings. The van der Waals surface area contributed by atoms with E-state index in [1.807, 2.05) is 66.7 Å². The first-order chi connectivity index (χ1) is 13.1. The molecule has 3 aromatic carbocycles. The highest BCUT2D eigenvalue weighted by Crippen LogP contribution is 2.36. The van der Waals surface area contributed by atoms with Gasteiger partial charge in [-0.15, -0.1) is 0 Å². The molecule has 0 N–H and O–H groups in total. The van der Waals surface area contributed by atoms with Crippen molar-refractivity contribution in [1.29, 1.82) is 0 Å². The molecule has 0 amide bonds. The Kier molecular flexibility index (Phi) is 4.30. The average Bonchev–Trinajstić information content (AvgIpc) is 2.67. The van der Waals surface area contributed by atoms with Gasteiger partial charge in [0.15, 0.2) is 0 Å². The van der Waals surface area contributed by atoms with Crippen LogP contribution in [-0.4, -0.2) is 5.97 Å². The van der Waals surface area contributed by atoms with Crippen molar-refractivity contribution in [2.45, 2.75) is 6.92 Å². The zero-order valence-corrected chi connectivity index (χ0v) is 14.6. The summed E-state index contributed by atoms with van der Waals surface area (Å²) in [5.74, 6) is -0.0921. The van der Waals surface area contributed by atoms with Gasteiger partial charge in [-0.05, 0) is 23.3 Å². The van der Waals surface area contributed by atoms with E-state index >= 15 is 0 Å². The van der Waals surface area contributed by atoms with Crippen LogP contribution in [0.4, 0.5) is 0 Å². The quantitative estimate of drug-likeness (QED) is 0.293. The van der Waals surface area contributed by atoms with Crippen molar-refractivity contribution in [2.75, 3.05) is 0 Å². The van der Waals surface area contributed by atoms with E-state index in [1.165, 1.54) is 6.92 Å². The molecule has 0 radical (unpaired) electrons. The minimum atomic E-state index is -0.437. The molecule has 0 aliphatic rings. The van der Waals surface area contributed by atoms with Gasteiger partial charge in [-0.1, -0.05) is 60.7 Å². The van der Waals surface area contributed by atoms with Crippen molar-refractivity contribution >= 4 is 16.9 Å². The van der Waals surface area contributed by atoms with E-state index in [4.69, 9.17) is 9.15 Å². The van der Waals surface area contributed by atoms with Gasteiger partial charge in [0.2, 0.25) is 0 Å². The van der Waals surface area contributed by atoms with Crippen molar-refractivity contribution < 1.29 is 13.9 Å². The number of rotatable bonds is 3. The Morgan fingerprint density at radius 3 is 2.00 bits per heavy atom. The highest BCUT2D eigenvalue weighted by atomic mass is 16.5. The van der Waals surface area contributed by atoms with Gasteiger partial charge in [0, 0.05) is 23.9 Å². The first-order valence-electron chi connectivity index (χ1n) is 8.53. The molecule has 0 aliphatic heterocycles. The molecule has 1 aromatic heterocycles. The van der Waals surface area contributed by atoms with Crippen molar-refractivity contribution in [1.82, 2.24) is 0 Å². The van der Waals surface area contributed by atoms with Gasteiger partial charge in [-0.25, -0.2) is 4.79 Å². The van der Waals surface area contributed by atoms with Crippen molar-refractivity contribution in [3.05, 3.63) is 89.3 Å². The van der Waals surface area contributed by atoms with E-state index in [2.05, 4.69) is 0 Å². The van der Waals surface area contributed by atoms with Crippen LogP contribution in [0, 0.1) is 0 Å². The third-order valence-corrected chi connectivity index (χ3v) is 4.27. The molecular weight excluding hydrogens is 340 g/mol. The maximum atomic E-state index is 12.9. The number of carbonyl (C=O) groups excluding carboxylic acids is 1. The molecule has 0 saturated heterocycles. The average molecular weight is 356 g/mol. The monoisotopic (exact) mass is 356 g/mol. The van der Waals surface area contributed by atoms with Gasteiger partial charge in [0.05, 0.1) is 5.56 Å². The lowest BCUT2D eigenvalue weighted by molar-refractivity contribution is -0.131. The summed E-state index contributed by atoms with van der Waals surface area (Å²) in [5, 5.41) is 0.774. The summed E-state index contributed by atoms with van der Waals surface area (Å²) >= 11 is 0. The summed E-state index contributed by atoms with van der Waals surface area (Å²) in [5.41, 5.74) is 2.94. The molecule has 1 heterocycles. The Morgan fingerprint density at radius 1 is 0.815 bits per heavy atom. The summed E-state index contributed by atoms with van der Waals surface area (Å²) in [7, 11) is 0. The second-order valence-electron chi connectivity index (χ2n) is 6.12. The molecule has 4 rings (SSSR count). The number of hydrogen-bond acceptors (Lipinski definition) is 4. The molecule has 132 valence electrons. The largest absolute Gasteiger partial charge is 0.427 e. The summed E-state index contributed by atoms with van der Waals surface area (Å²) in [4.78, 5) is 24.1. The van der Waals surface area contributed by atoms with Crippen molar-refractivity contribution in [3.8, 4) is 28.0 Å². The van der Waals surface area contributed by atoms with Crippen LogP contribution in [0.25, 0.3) is 33.2 Å². The van der Waals surface area contributed by atoms with E-state index in [9.17, 15) is 9.59 Å². The van der Waals surface area contributed by atoms with Crippen LogP contribution < -0.4 is 10.4 Å². The third-order valence-electron chi connectivity index (χ3n) is 4.27. The second-order valence-corrected chi connectivity index (χ2v) is 6.12. The van der Waals surface area contributed by atoms with Gasteiger partial charge in [0.1, 0.15) is 11.3 Å². The number of hydrogen-bond donors (Lipinski definition) is 0. The predicted octanol–water partition coefficient (Wildman–Crippen LogP) is 5.05. The number of fused-ring (bicyclic) bond motifs is 1. The minimum Gasteiger partial charge on any atom is -0.427 e. The summed E-state index contributed by atoms with van der Waals surface area (Å²) < 4.78 is 10.7. The summed E-state index contributed by atoms with van der Waals surface area (Å²) in [6.07, 6.45) is 0. The molecule has 0 saturated carbocycles. The van der Waals surface area contributed by atoms with Crippen molar-refractivity contribution in [2.24, 2.45) is 0 Å². The Balaban J connectivity index is 2.07. The topological polar surface area (TPSA) is 56.5 Å². The van der Waals surface area contributed by atoms with Gasteiger partial charge < -0.3 is 9.15 Å². The Labute approximate surface area is 155 Å². The van der Waals surface area contributed by atoms with E-state index in [0.717, 1.165) is 22.1 Å². The van der Waals surface area contributed by atoms with Gasteiger partial charge >= 0.3 is 11.6 Å². The van der Waals surface area contributed by atoms with Crippen LogP contribution in [-0.2, 0) is 4.79 Å². The molecule has 0 bridgehead atoms. The van der Waals surface area contributed by atoms with Crippen LogP contribution in [0.5, 0.6) is 5.75 Å². The van der Waals surface area contributed by atoms with Gasteiger partial charge in [-0.2, -0.15) is 0 Å². The minimum absolute atomic E-state index is 0.338. The summed E-state index contributed by atoms with van der Waals surface area (Å²) in [6.45, 7) is 1.33. The normalized spacial score (nSPS) is 10.7. The lowest BCUT2D eigenvalue weighted by Gasteiger charge is -2.13. The molecule has 27 heavy (non-hydrogen) atoms. The number of benzene rings is 3. The maximum Gasteiger partial charge on any atom is 0.344 e. The number of esters is 1. The van der Waals surface area contributed by atoms with E-state index in [1.54, 1.807) is 12.1 Å². The Morgan fingerprint density at radius 2 is 1.41 bits per heavy atom. The first kappa shape index (κ1) is 16.8. The van der Waals surface area contributed by atoms with Gasteiger partial charge in [0.25, 0.3) is 0 Å². The van der Waals surface area contributed by atoms with Crippen LogP contribution in [0.3, 0.4) is 0 Å². The van der Waals surface area contributed by atoms with E-state index in [-0.39, 0.29) is 0 Å². The Hall–Kier alpha value is -3.66. The Bertz CT molecular complexity index is 1180. The molecule has 0 unspecified atom stereocenters. The highest BCUT2D eigenvalue weighted by Gasteiger charge is 2.18. The SMILES string of the molecule is CC(=O)Oc1ccc2c(-c3ccccc3)c(-c3ccccc3)c(=O)oc2c1. The number of carbonyl (C=O) groups is 1. The smallest absolute Gasteiger partial charge is 0.344 e. The van der Waals surface area contributed by atoms with Crippen LogP contribution in [0.2, 0.25) is 0 Å². The maximum absolute atomic E-state index is 12.9. The zero-order valence-electron chi connectivity index (χ0n) is 14.6. The van der Waals surface area contributed by atoms with E-state index < -0.39 is 11.6 Å². The summed E-state index contributed by atoms with van der Waals surface area (Å²) in [6, 6.07) is 24.2. The van der Waals surface area contributed by atoms with E-state index in [0.29, 0.717) is 16.9 Å². The molecule has 0 spiro atoms. The first-order valence-corrected chi connectivity index (χ1v) is 8.53. The van der Waals surface area contributed by atoms with Crippen LogP contribution >= 0.6 is 0 Å². The van der Waals surface area contributed by atoms with Crippen LogP contribution in [0.1, 0.15) is 6.92 Å². The lowest BCUT2D eigenvalue weighted by Crippen LogP contribution is -2.06. The molecular formula is C23H16O4. The molecule has 0 fully saturated rings. The second kappa shape index (κ2) is 6.92. The molecule has 0 aliphatic carbocycles. The third kappa shape index (κ3) is 3.25. The molecule has 4 nitrogen and oxygen atoms in total. The molecule has 4 heteroatoms. The van der Waals surface area contributed by atoms with Crippen LogP contribution in [0.15, 0.2) is 88.1 Å². The highest BCUT2D eigenvalue weighted by molar-refractivity contribution is 6.01. The lowest BCUT2D eigenvalue weighted by atomic mass is 9.93. The molecule has 0 atom stereocenters. The van der Waals surface area contributed by atoms with Crippen molar-refractivity contribution in [3.63, 3.8) is 0 Å². The number of ether oxygens (including phenoxy) is 1. The fourth-order valence-corrected chi connectivity index (χ4v) is 3.18. The zero-order chi connectivity index (χ0) is 18.8. The predicted molar refractivity (Wildman–Crippen MR) is 105 cm³/mol. The standard InChI is InChI=1S/C23H16O4/c1-15(24)26-18-12-13-19-20(14-18)27-23(25)22(17-10-6-3-7-11-17)21(19)16-8-4-2-5-9-16/h2-14H,1H3.